The molecule has 1 N–H and O–H groups in total. The fourth-order valence-corrected chi connectivity index (χ4v) is 0.988. The minimum absolute atomic E-state index is 0.0835. The maximum Gasteiger partial charge on any atom is 0.251 e. The van der Waals surface area contributed by atoms with Crippen LogP contribution in [-0.4, -0.2) is 17.4 Å². The molecule has 13 heavy (non-hydrogen) atoms. The van der Waals surface area contributed by atoms with Gasteiger partial charge in [0.1, 0.15) is 0 Å². The van der Waals surface area contributed by atoms with E-state index in [9.17, 15) is 4.79 Å². The summed E-state index contributed by atoms with van der Waals surface area (Å²) in [4.78, 5) is 15.3. The van der Waals surface area contributed by atoms with Gasteiger partial charge in [-0.1, -0.05) is 6.08 Å². The number of amides is 1. The summed E-state index contributed by atoms with van der Waals surface area (Å²) >= 11 is 0. The smallest absolute Gasteiger partial charge is 0.251 e. The molecule has 1 rings (SSSR count). The van der Waals surface area contributed by atoms with Crippen LogP contribution in [0.15, 0.2) is 31.1 Å². The van der Waals surface area contributed by atoms with Crippen molar-refractivity contribution in [3.8, 4) is 0 Å². The quantitative estimate of drug-likeness (QED) is 0.705. The Labute approximate surface area is 77.5 Å². The molecule has 0 atom stereocenters. The summed E-state index contributed by atoms with van der Waals surface area (Å²) in [5, 5.41) is 2.70. The molecule has 1 aromatic heterocycles. The van der Waals surface area contributed by atoms with Gasteiger partial charge in [-0.25, -0.2) is 0 Å². The number of nitrogens with zero attached hydrogens (tertiary/aromatic N) is 1. The van der Waals surface area contributed by atoms with Gasteiger partial charge in [0.15, 0.2) is 0 Å². The summed E-state index contributed by atoms with van der Waals surface area (Å²) in [6.07, 6.45) is 4.92. The molecule has 0 aliphatic carbocycles. The Hall–Kier alpha value is -1.64. The lowest BCUT2D eigenvalue weighted by Crippen LogP contribution is -2.23. The van der Waals surface area contributed by atoms with Gasteiger partial charge in [0.05, 0.1) is 0 Å². The van der Waals surface area contributed by atoms with Crippen molar-refractivity contribution in [3.05, 3.63) is 42.2 Å². The fraction of sp³-hybridized carbons (Fsp3) is 0.200. The highest BCUT2D eigenvalue weighted by Gasteiger charge is 2.05. The van der Waals surface area contributed by atoms with Gasteiger partial charge in [-0.3, -0.25) is 9.78 Å². The highest BCUT2D eigenvalue weighted by Crippen LogP contribution is 2.03. The van der Waals surface area contributed by atoms with Gasteiger partial charge in [0, 0.05) is 24.5 Å². The molecule has 3 heteroatoms. The maximum absolute atomic E-state index is 11.4. The first-order valence-electron chi connectivity index (χ1n) is 4.05. The minimum atomic E-state index is -0.0835. The van der Waals surface area contributed by atoms with E-state index in [-0.39, 0.29) is 5.91 Å². The van der Waals surface area contributed by atoms with Gasteiger partial charge < -0.3 is 5.32 Å². The van der Waals surface area contributed by atoms with Crippen LogP contribution in [-0.2, 0) is 0 Å². The Morgan fingerprint density at radius 1 is 1.77 bits per heavy atom. The molecule has 68 valence electrons. The van der Waals surface area contributed by atoms with E-state index in [0.717, 1.165) is 5.56 Å². The first kappa shape index (κ1) is 9.45. The molecule has 0 bridgehead atoms. The van der Waals surface area contributed by atoms with E-state index in [1.54, 1.807) is 24.5 Å². The molecule has 1 amide bonds. The largest absolute Gasteiger partial charge is 0.349 e. The Morgan fingerprint density at radius 3 is 3.15 bits per heavy atom. The van der Waals surface area contributed by atoms with Crippen LogP contribution in [0.3, 0.4) is 0 Å². The van der Waals surface area contributed by atoms with E-state index in [0.29, 0.717) is 12.1 Å². The number of carbonyl (C=O) groups excluding carboxylic acids is 1. The van der Waals surface area contributed by atoms with Crippen LogP contribution >= 0.6 is 0 Å². The normalized spacial score (nSPS) is 9.31. The fourth-order valence-electron chi connectivity index (χ4n) is 0.988. The molecule has 0 aromatic carbocycles. The summed E-state index contributed by atoms with van der Waals surface area (Å²) in [6, 6.07) is 1.70. The molecular weight excluding hydrogens is 164 g/mol. The number of carbonyl (C=O) groups is 1. The second-order valence-corrected chi connectivity index (χ2v) is 2.69. The molecule has 3 nitrogen and oxygen atoms in total. The molecule has 0 saturated carbocycles. The van der Waals surface area contributed by atoms with E-state index in [1.807, 2.05) is 6.92 Å². The van der Waals surface area contributed by atoms with E-state index in [1.165, 1.54) is 0 Å². The zero-order chi connectivity index (χ0) is 9.68. The molecule has 0 aliphatic rings. The van der Waals surface area contributed by atoms with Crippen molar-refractivity contribution >= 4 is 5.91 Å². The summed E-state index contributed by atoms with van der Waals surface area (Å²) in [5.41, 5.74) is 1.54. The first-order chi connectivity index (χ1) is 6.25. The van der Waals surface area contributed by atoms with E-state index >= 15 is 0 Å². The Balaban J connectivity index is 2.76. The van der Waals surface area contributed by atoms with Crippen molar-refractivity contribution in [3.63, 3.8) is 0 Å². The number of hydrogen-bond acceptors (Lipinski definition) is 2. The second-order valence-electron chi connectivity index (χ2n) is 2.69. The molecule has 0 saturated heterocycles. The maximum atomic E-state index is 11.4. The van der Waals surface area contributed by atoms with Crippen LogP contribution in [0.25, 0.3) is 0 Å². The first-order valence-corrected chi connectivity index (χ1v) is 4.05. The second kappa shape index (κ2) is 4.40. The van der Waals surface area contributed by atoms with E-state index in [4.69, 9.17) is 0 Å². The summed E-state index contributed by atoms with van der Waals surface area (Å²) in [6.45, 7) is 5.87. The van der Waals surface area contributed by atoms with Crippen LogP contribution in [0.4, 0.5) is 0 Å². The lowest BCUT2D eigenvalue weighted by atomic mass is 10.1. The number of hydrogen-bond donors (Lipinski definition) is 1. The molecule has 1 aromatic rings. The van der Waals surface area contributed by atoms with Crippen LogP contribution in [0.1, 0.15) is 15.9 Å². The van der Waals surface area contributed by atoms with Crippen LogP contribution in [0.5, 0.6) is 0 Å². The Bertz CT molecular complexity index is 320. The lowest BCUT2D eigenvalue weighted by molar-refractivity contribution is 0.0957. The van der Waals surface area contributed by atoms with Gasteiger partial charge in [0.2, 0.25) is 0 Å². The third-order valence-corrected chi connectivity index (χ3v) is 1.67. The molecule has 0 radical (unpaired) electrons. The summed E-state index contributed by atoms with van der Waals surface area (Å²) < 4.78 is 0. The zero-order valence-electron chi connectivity index (χ0n) is 7.58. The van der Waals surface area contributed by atoms with Gasteiger partial charge in [-0.2, -0.15) is 0 Å². The monoisotopic (exact) mass is 176 g/mol. The number of pyridine rings is 1. The SMILES string of the molecule is C=CCNC(=O)c1ccncc1C. The van der Waals surface area contributed by atoms with Crippen LogP contribution < -0.4 is 5.32 Å². The van der Waals surface area contributed by atoms with E-state index < -0.39 is 0 Å². The van der Waals surface area contributed by atoms with Crippen molar-refractivity contribution < 1.29 is 4.79 Å². The summed E-state index contributed by atoms with van der Waals surface area (Å²) in [7, 11) is 0. The Kier molecular flexibility index (Phi) is 3.20. The molecular formula is C10H12N2O. The van der Waals surface area contributed by atoms with Crippen molar-refractivity contribution in [1.29, 1.82) is 0 Å². The lowest BCUT2D eigenvalue weighted by Gasteiger charge is -2.04. The number of nitrogens with one attached hydrogen (secondary N) is 1. The van der Waals surface area contributed by atoms with Crippen LogP contribution in [0, 0.1) is 6.92 Å². The van der Waals surface area contributed by atoms with Gasteiger partial charge in [-0.05, 0) is 18.6 Å². The number of rotatable bonds is 3. The third-order valence-electron chi connectivity index (χ3n) is 1.67. The Morgan fingerprint density at radius 2 is 2.54 bits per heavy atom. The molecule has 1 heterocycles. The topological polar surface area (TPSA) is 42.0 Å². The average molecular weight is 176 g/mol. The van der Waals surface area contributed by atoms with Crippen LogP contribution in [0.2, 0.25) is 0 Å². The van der Waals surface area contributed by atoms with E-state index in [2.05, 4.69) is 16.9 Å². The van der Waals surface area contributed by atoms with Crippen molar-refractivity contribution in [2.24, 2.45) is 0 Å². The number of aryl methyl sites for hydroxylation is 1. The molecule has 0 fully saturated rings. The zero-order valence-corrected chi connectivity index (χ0v) is 7.58. The van der Waals surface area contributed by atoms with Crippen molar-refractivity contribution in [2.75, 3.05) is 6.54 Å². The number of aromatic nitrogens is 1. The van der Waals surface area contributed by atoms with Crippen molar-refractivity contribution in [1.82, 2.24) is 10.3 Å². The standard InChI is InChI=1S/C10H12N2O/c1-3-5-12-10(13)9-4-6-11-7-8(9)2/h3-4,6-7H,1,5H2,2H3,(H,12,13). The van der Waals surface area contributed by atoms with Gasteiger partial charge in [-0.15, -0.1) is 6.58 Å². The molecule has 0 aliphatic heterocycles. The molecule has 0 spiro atoms. The average Bonchev–Trinajstić information content (AvgIpc) is 2.15. The molecule has 0 unspecified atom stereocenters. The third kappa shape index (κ3) is 2.40. The van der Waals surface area contributed by atoms with Gasteiger partial charge >= 0.3 is 0 Å². The highest BCUT2D eigenvalue weighted by molar-refractivity contribution is 5.95. The van der Waals surface area contributed by atoms with Gasteiger partial charge in [0.25, 0.3) is 5.91 Å². The predicted octanol–water partition coefficient (Wildman–Crippen LogP) is 1.31. The minimum Gasteiger partial charge on any atom is -0.349 e. The summed E-state index contributed by atoms with van der Waals surface area (Å²) in [5.74, 6) is -0.0835. The van der Waals surface area contributed by atoms with Crippen molar-refractivity contribution in [2.45, 2.75) is 6.92 Å². The predicted molar refractivity (Wildman–Crippen MR) is 51.5 cm³/mol. The highest BCUT2D eigenvalue weighted by atomic mass is 16.1.